The third-order valence-electron chi connectivity index (χ3n) is 6.11. The number of fused-ring (bicyclic) bond motifs is 10. The van der Waals surface area contributed by atoms with Gasteiger partial charge in [0.25, 0.3) is 0 Å². The number of methoxy groups -OCH3 is 2. The van der Waals surface area contributed by atoms with Crippen molar-refractivity contribution in [1.29, 1.82) is 0 Å². The monoisotopic (exact) mass is 584 g/mol. The second-order valence-electron chi connectivity index (χ2n) is 10.7. The highest BCUT2D eigenvalue weighted by Gasteiger charge is 2.32. The van der Waals surface area contributed by atoms with Crippen LogP contribution in [-0.2, 0) is 41.5 Å². The molecule has 5 N–H and O–H groups in total. The molecule has 4 bridgehead atoms. The first kappa shape index (κ1) is 31.7. The molecule has 0 aliphatic carbocycles. The Morgan fingerprint density at radius 1 is 0.976 bits per heavy atom. The summed E-state index contributed by atoms with van der Waals surface area (Å²) in [6.07, 6.45) is -1.46. The summed E-state index contributed by atoms with van der Waals surface area (Å²) in [5.74, 6) is -2.03. The van der Waals surface area contributed by atoms with Gasteiger partial charge in [-0.25, -0.2) is 9.59 Å². The van der Waals surface area contributed by atoms with E-state index in [9.17, 15) is 24.0 Å². The Kier molecular flexibility index (Phi) is 10.3. The van der Waals surface area contributed by atoms with Crippen molar-refractivity contribution < 1.29 is 42.9 Å². The zero-order valence-corrected chi connectivity index (χ0v) is 24.1. The zero-order valence-electron chi connectivity index (χ0n) is 24.1. The molecule has 4 amide bonds. The number of rotatable bonds is 5. The summed E-state index contributed by atoms with van der Waals surface area (Å²) in [5.41, 5.74) is 5.75. The zero-order chi connectivity index (χ0) is 31.0. The van der Waals surface area contributed by atoms with E-state index in [1.807, 2.05) is 0 Å². The van der Waals surface area contributed by atoms with Crippen molar-refractivity contribution in [3.63, 3.8) is 0 Å². The molecule has 0 aromatic heterocycles. The minimum absolute atomic E-state index is 0.0392. The quantitative estimate of drug-likeness (QED) is 0.378. The van der Waals surface area contributed by atoms with E-state index in [0.29, 0.717) is 28.4 Å². The van der Waals surface area contributed by atoms with Gasteiger partial charge in [0.1, 0.15) is 29.5 Å². The summed E-state index contributed by atoms with van der Waals surface area (Å²) in [5, 5.41) is 7.55. The number of carbonyl (C=O) groups is 5. The van der Waals surface area contributed by atoms with Crippen molar-refractivity contribution in [3.8, 4) is 17.2 Å². The van der Waals surface area contributed by atoms with Crippen LogP contribution in [0.2, 0.25) is 0 Å². The maximum atomic E-state index is 13.5. The van der Waals surface area contributed by atoms with Gasteiger partial charge in [-0.1, -0.05) is 18.2 Å². The van der Waals surface area contributed by atoms with Gasteiger partial charge in [0.2, 0.25) is 17.7 Å². The van der Waals surface area contributed by atoms with Crippen LogP contribution in [0.3, 0.4) is 0 Å². The maximum Gasteiger partial charge on any atom is 0.408 e. The molecule has 0 saturated heterocycles. The molecule has 226 valence electrons. The maximum absolute atomic E-state index is 13.5. The molecule has 0 spiro atoms. The van der Waals surface area contributed by atoms with Crippen molar-refractivity contribution >= 4 is 29.8 Å². The fraction of sp³-hybridized carbons (Fsp3) is 0.414. The molecule has 42 heavy (non-hydrogen) atoms. The Morgan fingerprint density at radius 3 is 2.24 bits per heavy atom. The molecule has 2 heterocycles. The Bertz CT molecular complexity index is 1320. The normalized spacial score (nSPS) is 19.3. The van der Waals surface area contributed by atoms with E-state index in [0.717, 1.165) is 0 Å². The third kappa shape index (κ3) is 9.11. The highest BCUT2D eigenvalue weighted by molar-refractivity contribution is 5.95. The Balaban J connectivity index is 2.08. The first-order valence-electron chi connectivity index (χ1n) is 13.2. The average molecular weight is 585 g/mol. The molecule has 13 nitrogen and oxygen atoms in total. The number of esters is 1. The smallest absolute Gasteiger partial charge is 0.408 e. The number of nitrogens with two attached hydrogens (primary N) is 1. The Morgan fingerprint density at radius 2 is 1.64 bits per heavy atom. The van der Waals surface area contributed by atoms with E-state index in [-0.39, 0.29) is 12.8 Å². The van der Waals surface area contributed by atoms with E-state index >= 15 is 0 Å². The number of amides is 4. The van der Waals surface area contributed by atoms with Crippen molar-refractivity contribution in [2.45, 2.75) is 63.8 Å². The van der Waals surface area contributed by atoms with Crippen molar-refractivity contribution in [1.82, 2.24) is 16.0 Å². The standard InChI is InChI=1S/C29H36N4O9/c1-29(2,3)42-28(38)33-19-13-17-8-11-22(39-4)23(14-17)41-18-9-6-16(7-10-18)12-21(27(37)40-5)32-26(36)20(15-24(30)34)31-25(19)35/h6-11,14,19-21H,12-13,15H2,1-5H3,(H2,30,34)(H,31,35)(H,32,36)(H,33,38)/t19-,20-,21-/m0/s1. The van der Waals surface area contributed by atoms with Crippen molar-refractivity contribution in [2.24, 2.45) is 5.73 Å². The highest BCUT2D eigenvalue weighted by Crippen LogP contribution is 2.33. The molecule has 0 fully saturated rings. The Labute approximate surface area is 243 Å². The van der Waals surface area contributed by atoms with E-state index in [1.54, 1.807) is 63.2 Å². The number of benzene rings is 2. The predicted molar refractivity (Wildman–Crippen MR) is 150 cm³/mol. The fourth-order valence-electron chi connectivity index (χ4n) is 4.17. The summed E-state index contributed by atoms with van der Waals surface area (Å²) in [6.45, 7) is 5.00. The van der Waals surface area contributed by atoms with Gasteiger partial charge in [-0.3, -0.25) is 14.4 Å². The first-order chi connectivity index (χ1) is 19.8. The molecule has 2 aliphatic heterocycles. The highest BCUT2D eigenvalue weighted by atomic mass is 16.6. The molecule has 0 radical (unpaired) electrons. The van der Waals surface area contributed by atoms with Crippen LogP contribution in [0.5, 0.6) is 17.2 Å². The molecule has 3 atom stereocenters. The lowest BCUT2D eigenvalue weighted by molar-refractivity contribution is -0.145. The number of hydrogen-bond donors (Lipinski definition) is 4. The van der Waals surface area contributed by atoms with Gasteiger partial charge in [-0.05, 0) is 56.2 Å². The lowest BCUT2D eigenvalue weighted by atomic mass is 10.0. The van der Waals surface area contributed by atoms with Crippen molar-refractivity contribution in [3.05, 3.63) is 53.6 Å². The van der Waals surface area contributed by atoms with Gasteiger partial charge in [0, 0.05) is 12.8 Å². The fourth-order valence-corrected chi connectivity index (χ4v) is 4.17. The van der Waals surface area contributed by atoms with Gasteiger partial charge in [-0.2, -0.15) is 0 Å². The minimum Gasteiger partial charge on any atom is -0.493 e. The van der Waals surface area contributed by atoms with Crippen LogP contribution in [0.25, 0.3) is 0 Å². The second-order valence-corrected chi connectivity index (χ2v) is 10.7. The number of ether oxygens (including phenoxy) is 4. The average Bonchev–Trinajstić information content (AvgIpc) is 2.91. The summed E-state index contributed by atoms with van der Waals surface area (Å²) in [7, 11) is 2.65. The van der Waals surface area contributed by atoms with Crippen LogP contribution in [0.1, 0.15) is 38.3 Å². The predicted octanol–water partition coefficient (Wildman–Crippen LogP) is 1.50. The molecule has 4 rings (SSSR count). The van der Waals surface area contributed by atoms with Crippen LogP contribution in [-0.4, -0.2) is 67.7 Å². The minimum atomic E-state index is -1.46. The number of alkyl carbamates (subject to hydrolysis) is 1. The number of carbonyl (C=O) groups excluding carboxylic acids is 5. The van der Waals surface area contributed by atoms with Gasteiger partial charge in [0.15, 0.2) is 11.5 Å². The summed E-state index contributed by atoms with van der Waals surface area (Å²) >= 11 is 0. The lowest BCUT2D eigenvalue weighted by Crippen LogP contribution is -2.57. The Hall–Kier alpha value is -4.81. The van der Waals surface area contributed by atoms with Crippen LogP contribution in [0, 0.1) is 0 Å². The largest absolute Gasteiger partial charge is 0.493 e. The van der Waals surface area contributed by atoms with E-state index in [2.05, 4.69) is 16.0 Å². The van der Waals surface area contributed by atoms with E-state index in [4.69, 9.17) is 24.7 Å². The first-order valence-corrected chi connectivity index (χ1v) is 13.2. The molecular formula is C29H36N4O9. The molecule has 0 saturated carbocycles. The molecule has 2 aliphatic rings. The molecule has 0 unspecified atom stereocenters. The molecule has 13 heteroatoms. The summed E-state index contributed by atoms with van der Waals surface area (Å²) < 4.78 is 21.7. The number of hydrogen-bond acceptors (Lipinski definition) is 9. The summed E-state index contributed by atoms with van der Waals surface area (Å²) in [4.78, 5) is 63.8. The van der Waals surface area contributed by atoms with E-state index in [1.165, 1.54) is 14.2 Å². The van der Waals surface area contributed by atoms with Gasteiger partial charge >= 0.3 is 12.1 Å². The second kappa shape index (κ2) is 13.7. The molecular weight excluding hydrogens is 548 g/mol. The van der Waals surface area contributed by atoms with E-state index < -0.39 is 59.9 Å². The van der Waals surface area contributed by atoms with Gasteiger partial charge in [0.05, 0.1) is 20.6 Å². The van der Waals surface area contributed by atoms with Crippen LogP contribution in [0.4, 0.5) is 4.79 Å². The van der Waals surface area contributed by atoms with Gasteiger partial charge in [-0.15, -0.1) is 0 Å². The van der Waals surface area contributed by atoms with Crippen molar-refractivity contribution in [2.75, 3.05) is 14.2 Å². The SMILES string of the molecule is COC(=O)[C@@H]1Cc2ccc(cc2)Oc2cc(ccc2OC)C[C@H](NC(=O)OC(C)(C)C)C(=O)N[C@@H](CC(N)=O)C(=O)N1. The van der Waals surface area contributed by atoms with Crippen LogP contribution >= 0.6 is 0 Å². The number of nitrogens with one attached hydrogen (secondary N) is 3. The topological polar surface area (TPSA) is 184 Å². The summed E-state index contributed by atoms with van der Waals surface area (Å²) in [6, 6.07) is 7.94. The molecule has 2 aromatic carbocycles. The lowest BCUT2D eigenvalue weighted by Gasteiger charge is -2.26. The number of primary amides is 1. The van der Waals surface area contributed by atoms with Crippen LogP contribution in [0.15, 0.2) is 42.5 Å². The molecule has 2 aromatic rings. The van der Waals surface area contributed by atoms with Crippen LogP contribution < -0.4 is 31.2 Å². The van der Waals surface area contributed by atoms with Gasteiger partial charge < -0.3 is 40.6 Å². The third-order valence-corrected chi connectivity index (χ3v) is 6.11.